The molecule has 0 unspecified atom stereocenters. The third-order valence-corrected chi connectivity index (χ3v) is 1.39. The van der Waals surface area contributed by atoms with Gasteiger partial charge in [-0.25, -0.2) is 0 Å². The summed E-state index contributed by atoms with van der Waals surface area (Å²) in [4.78, 5) is 13.7. The molecule has 4 N–H and O–H groups in total. The number of anilines is 1. The first-order valence-electron chi connectivity index (χ1n) is 3.46. The van der Waals surface area contributed by atoms with Crippen LogP contribution in [0, 0.1) is 0 Å². The van der Waals surface area contributed by atoms with Crippen molar-refractivity contribution in [2.45, 2.75) is 0 Å². The molecule has 0 amide bonds. The van der Waals surface area contributed by atoms with E-state index in [-0.39, 0.29) is 64.0 Å². The van der Waals surface area contributed by atoms with E-state index in [0.29, 0.717) is 11.3 Å². The molecule has 0 aliphatic carbocycles. The fourth-order valence-electron chi connectivity index (χ4n) is 0.774. The Bertz CT molecular complexity index is 324. The van der Waals surface area contributed by atoms with Crippen molar-refractivity contribution in [2.24, 2.45) is 10.9 Å². The van der Waals surface area contributed by atoms with E-state index in [1.165, 1.54) is 0 Å². The molecule has 0 bridgehead atoms. The molecule has 0 saturated carbocycles. The quantitative estimate of drug-likeness (QED) is 0.152. The predicted molar refractivity (Wildman–Crippen MR) is 48.4 cm³/mol. The average molecular weight is 264 g/mol. The van der Waals surface area contributed by atoms with Gasteiger partial charge >= 0.3 is 58.2 Å². The fourth-order valence-corrected chi connectivity index (χ4v) is 0.774. The SMILES string of the molecule is N/C(=N\O[C-]=O)c1ccc(N)cc1.[Rb+]. The van der Waals surface area contributed by atoms with Crippen LogP contribution in [0.4, 0.5) is 5.69 Å². The predicted octanol–water partition coefficient (Wildman–Crippen LogP) is -3.02. The van der Waals surface area contributed by atoms with E-state index in [1.807, 2.05) is 0 Å². The standard InChI is InChI=1S/C8H8N3O2.Rb/c9-7-3-1-6(2-4-7)8(10)11-13-5-12;/h1-4H,9H2,(H2,10,11);/q-1;+1. The molecule has 0 radical (unpaired) electrons. The van der Waals surface area contributed by atoms with Crippen LogP contribution >= 0.6 is 0 Å². The van der Waals surface area contributed by atoms with E-state index < -0.39 is 0 Å². The number of oxime groups is 1. The number of hydrogen-bond acceptors (Lipinski definition) is 4. The number of amidine groups is 1. The number of hydrogen-bond donors (Lipinski definition) is 2. The second kappa shape index (κ2) is 7.11. The van der Waals surface area contributed by atoms with Crippen LogP contribution in [-0.2, 0) is 9.63 Å². The molecule has 0 aliphatic rings. The van der Waals surface area contributed by atoms with Crippen LogP contribution in [-0.4, -0.2) is 12.3 Å². The van der Waals surface area contributed by atoms with Gasteiger partial charge in [-0.2, -0.15) is 0 Å². The molecular formula is C8H8N3O2Rb. The van der Waals surface area contributed by atoms with Crippen molar-refractivity contribution in [3.8, 4) is 0 Å². The third-order valence-electron chi connectivity index (χ3n) is 1.39. The van der Waals surface area contributed by atoms with Crippen LogP contribution in [0.5, 0.6) is 0 Å². The van der Waals surface area contributed by atoms with E-state index in [1.54, 1.807) is 24.3 Å². The minimum absolute atomic E-state index is 0. The Hall–Kier alpha value is -0.235. The van der Waals surface area contributed by atoms with Gasteiger partial charge in [0.25, 0.3) is 0 Å². The van der Waals surface area contributed by atoms with Crippen LogP contribution in [0.15, 0.2) is 29.4 Å². The summed E-state index contributed by atoms with van der Waals surface area (Å²) >= 11 is 0. The van der Waals surface area contributed by atoms with Gasteiger partial charge < -0.3 is 21.1 Å². The van der Waals surface area contributed by atoms with Gasteiger partial charge in [-0.15, -0.1) is 0 Å². The van der Waals surface area contributed by atoms with Gasteiger partial charge in [-0.05, 0) is 30.7 Å². The molecule has 1 aromatic carbocycles. The molecular weight excluding hydrogens is 256 g/mol. The summed E-state index contributed by atoms with van der Waals surface area (Å²) in [6.45, 7) is 1.14. The first-order chi connectivity index (χ1) is 6.24. The van der Waals surface area contributed by atoms with Gasteiger partial charge in [0.2, 0.25) is 0 Å². The molecule has 5 nitrogen and oxygen atoms in total. The Morgan fingerprint density at radius 2 is 1.93 bits per heavy atom. The maximum atomic E-state index is 9.66. The molecule has 0 fully saturated rings. The number of nitrogens with zero attached hydrogens (tertiary/aromatic N) is 1. The van der Waals surface area contributed by atoms with Crippen LogP contribution in [0.1, 0.15) is 5.56 Å². The molecule has 0 aromatic heterocycles. The minimum atomic E-state index is 0. The summed E-state index contributed by atoms with van der Waals surface area (Å²) in [5.41, 5.74) is 12.1. The van der Waals surface area contributed by atoms with Crippen molar-refractivity contribution < 1.29 is 67.8 Å². The van der Waals surface area contributed by atoms with Crippen molar-refractivity contribution in [1.82, 2.24) is 0 Å². The second-order valence-electron chi connectivity index (χ2n) is 2.27. The van der Waals surface area contributed by atoms with Crippen LogP contribution in [0.2, 0.25) is 0 Å². The van der Waals surface area contributed by atoms with Gasteiger partial charge in [-0.1, -0.05) is 5.16 Å². The summed E-state index contributed by atoms with van der Waals surface area (Å²) in [7, 11) is 0. The second-order valence-corrected chi connectivity index (χ2v) is 2.27. The fraction of sp³-hybridized carbons (Fsp3) is 0. The molecule has 0 heterocycles. The Kier molecular flexibility index (Phi) is 6.99. The van der Waals surface area contributed by atoms with Crippen molar-refractivity contribution >= 4 is 18.0 Å². The van der Waals surface area contributed by atoms with Crippen molar-refractivity contribution in [3.63, 3.8) is 0 Å². The van der Waals surface area contributed by atoms with Gasteiger partial charge in [-0.3, -0.25) is 0 Å². The first-order valence-corrected chi connectivity index (χ1v) is 3.46. The molecule has 6 heteroatoms. The number of nitrogens with two attached hydrogens (primary N) is 2. The zero-order valence-electron chi connectivity index (χ0n) is 7.73. The summed E-state index contributed by atoms with van der Waals surface area (Å²) in [6.07, 6.45) is 0. The number of nitrogen functional groups attached to an aromatic ring is 1. The third kappa shape index (κ3) is 4.32. The van der Waals surface area contributed by atoms with E-state index in [9.17, 15) is 4.79 Å². The Morgan fingerprint density at radius 1 is 1.36 bits per heavy atom. The first kappa shape index (κ1) is 13.8. The van der Waals surface area contributed by atoms with Crippen LogP contribution in [0.25, 0.3) is 0 Å². The van der Waals surface area contributed by atoms with Gasteiger partial charge in [0, 0.05) is 11.3 Å². The molecule has 0 aliphatic heterocycles. The van der Waals surface area contributed by atoms with Crippen LogP contribution < -0.4 is 69.7 Å². The smallest absolute Gasteiger partial charge is 0.524 e. The van der Waals surface area contributed by atoms with Crippen LogP contribution in [0.3, 0.4) is 0 Å². The van der Waals surface area contributed by atoms with Gasteiger partial charge in [0.15, 0.2) is 5.84 Å². The number of rotatable bonds is 3. The maximum Gasteiger partial charge on any atom is 1.00 e. The van der Waals surface area contributed by atoms with Crippen molar-refractivity contribution in [2.75, 3.05) is 5.73 Å². The normalized spacial score (nSPS) is 10.1. The Labute approximate surface area is 130 Å². The molecule has 1 aromatic rings. The summed E-state index contributed by atoms with van der Waals surface area (Å²) in [5, 5.41) is 3.27. The van der Waals surface area contributed by atoms with E-state index >= 15 is 0 Å². The largest absolute Gasteiger partial charge is 1.00 e. The number of carbonyl (C=O) groups excluding carboxylic acids is 1. The average Bonchev–Trinajstić information content (AvgIpc) is 2.15. The molecule has 1 rings (SSSR count). The van der Waals surface area contributed by atoms with Gasteiger partial charge in [0.05, 0.1) is 0 Å². The molecule has 14 heavy (non-hydrogen) atoms. The summed E-state index contributed by atoms with van der Waals surface area (Å²) < 4.78 is 0. The molecule has 68 valence electrons. The molecule has 0 saturated heterocycles. The van der Waals surface area contributed by atoms with E-state index in [2.05, 4.69) is 9.99 Å². The monoisotopic (exact) mass is 263 g/mol. The van der Waals surface area contributed by atoms with Gasteiger partial charge in [0.1, 0.15) is 0 Å². The topological polar surface area (TPSA) is 90.7 Å². The number of benzene rings is 1. The van der Waals surface area contributed by atoms with E-state index in [4.69, 9.17) is 11.5 Å². The van der Waals surface area contributed by atoms with Crippen molar-refractivity contribution in [3.05, 3.63) is 29.8 Å². The summed E-state index contributed by atoms with van der Waals surface area (Å²) in [6, 6.07) is 6.68. The zero-order valence-corrected chi connectivity index (χ0v) is 12.6. The Morgan fingerprint density at radius 3 is 2.43 bits per heavy atom. The molecule has 0 atom stereocenters. The van der Waals surface area contributed by atoms with Crippen molar-refractivity contribution in [1.29, 1.82) is 0 Å². The zero-order chi connectivity index (χ0) is 9.68. The minimum Gasteiger partial charge on any atom is -0.524 e. The molecule has 0 spiro atoms. The summed E-state index contributed by atoms with van der Waals surface area (Å²) in [5.74, 6) is 0.100. The maximum absolute atomic E-state index is 9.66. The van der Waals surface area contributed by atoms with E-state index in [0.717, 1.165) is 6.47 Å². The Balaban J connectivity index is 0.00000169.